The molecule has 0 saturated carbocycles. The van der Waals surface area contributed by atoms with Crippen LogP contribution in [-0.2, 0) is 55.6 Å². The van der Waals surface area contributed by atoms with Gasteiger partial charge in [0.15, 0.2) is 0 Å². The summed E-state index contributed by atoms with van der Waals surface area (Å²) in [4.78, 5) is 35.8. The van der Waals surface area contributed by atoms with Gasteiger partial charge in [-0.3, -0.25) is 0 Å². The molecule has 21 nitrogen and oxygen atoms in total. The number of carbonyl (C=O) groups is 2. The number of ether oxygens (including phenoxy) is 5. The molecule has 3 N–H and O–H groups in total. The summed E-state index contributed by atoms with van der Waals surface area (Å²) in [5, 5.41) is 16.6. The predicted molar refractivity (Wildman–Crippen MR) is 292 cm³/mol. The number of fused-ring (bicyclic) bond motifs is 1. The molecule has 0 bridgehead atoms. The summed E-state index contributed by atoms with van der Waals surface area (Å²) in [6.07, 6.45) is -0.741. The topological polar surface area (TPSA) is 251 Å². The highest BCUT2D eigenvalue weighted by atomic mass is 32.2. The Balaban J connectivity index is 1.34. The zero-order valence-electron chi connectivity index (χ0n) is 45.4. The number of H-pyrrole nitrogens is 1. The minimum atomic E-state index is -5.02. The molecule has 8 rings (SSSR count). The highest BCUT2D eigenvalue weighted by Gasteiger charge is 2.40. The molecule has 0 spiro atoms. The fourth-order valence-corrected chi connectivity index (χ4v) is 12.6. The lowest BCUT2D eigenvalue weighted by molar-refractivity contribution is 0.0291. The number of nitrogens with zero attached hydrogens (tertiary/aromatic N) is 7. The number of benzene rings is 5. The zero-order valence-corrected chi connectivity index (χ0v) is 47.0. The second-order valence-corrected chi connectivity index (χ2v) is 24.5. The number of methoxy groups -OCH3 is 3. The van der Waals surface area contributed by atoms with Crippen molar-refractivity contribution < 1.29 is 50.1 Å². The van der Waals surface area contributed by atoms with E-state index < -0.39 is 65.3 Å². The summed E-state index contributed by atoms with van der Waals surface area (Å²) in [5.41, 5.74) is 1.78. The summed E-state index contributed by atoms with van der Waals surface area (Å²) in [5.74, 6) is 2.00. The molecule has 1 aliphatic rings. The van der Waals surface area contributed by atoms with E-state index in [1.165, 1.54) is 40.4 Å². The lowest BCUT2D eigenvalue weighted by Crippen LogP contribution is -2.41. The molecule has 2 amide bonds. The number of amides is 2. The molecule has 0 aliphatic carbocycles. The third kappa shape index (κ3) is 13.7. The van der Waals surface area contributed by atoms with Crippen molar-refractivity contribution in [2.75, 3.05) is 34.4 Å². The van der Waals surface area contributed by atoms with E-state index in [-0.39, 0.29) is 62.5 Å². The number of hydrogen-bond donors (Lipinski definition) is 3. The molecule has 1 saturated heterocycles. The molecule has 1 fully saturated rings. The zero-order chi connectivity index (χ0) is 56.2. The molecular weight excluding hydrogens is 1040 g/mol. The number of hydrogen-bond acceptors (Lipinski definition) is 15. The highest BCUT2D eigenvalue weighted by molar-refractivity contribution is 7.92. The standard InChI is InChI=1S/C55H66N10O11S2/c1-35(56-52(66)75-54(2,3)4)30-47-57-45-13-11-12-44(49(45)58-47)43-26-27-46(77(68,69)61-39-28-29-63(34-39)53(67)76-55(5,6)7)50(48(43)51-59-62-65(60-51)33-38-18-24-42(74-10)25-19-38)78(70,71)64(31-36-14-20-40(72-8)21-15-36)32-37-16-22-41(73-9)23-17-37/h11-27,35,39,61H,28-34H2,1-10H3,(H,56,66)(H,57,58)/t35-,39+/m0/s1. The number of rotatable bonds is 19. The first kappa shape index (κ1) is 56.6. The molecular formula is C55H66N10O11S2. The summed E-state index contributed by atoms with van der Waals surface area (Å²) in [6.45, 7) is 12.1. The van der Waals surface area contributed by atoms with Gasteiger partial charge in [0.05, 0.1) is 44.5 Å². The Morgan fingerprint density at radius 3 is 1.90 bits per heavy atom. The molecule has 1 aliphatic heterocycles. The van der Waals surface area contributed by atoms with Gasteiger partial charge in [-0.15, -0.1) is 10.2 Å². The van der Waals surface area contributed by atoms with Crippen molar-refractivity contribution in [3.63, 3.8) is 0 Å². The first-order valence-electron chi connectivity index (χ1n) is 25.2. The number of nitrogens with one attached hydrogen (secondary N) is 3. The van der Waals surface area contributed by atoms with Crippen LogP contribution in [0.25, 0.3) is 33.5 Å². The maximum absolute atomic E-state index is 16.4. The summed E-state index contributed by atoms with van der Waals surface area (Å²) < 4.78 is 94.8. The van der Waals surface area contributed by atoms with Gasteiger partial charge in [0, 0.05) is 50.2 Å². The minimum absolute atomic E-state index is 0.0428. The van der Waals surface area contributed by atoms with Crippen molar-refractivity contribution in [2.45, 2.75) is 114 Å². The fraction of sp³-hybridized carbons (Fsp3) is 0.382. The van der Waals surface area contributed by atoms with Gasteiger partial charge in [-0.25, -0.2) is 36.1 Å². The number of carbonyl (C=O) groups excluding carboxylic acids is 2. The van der Waals surface area contributed by atoms with E-state index in [9.17, 15) is 9.59 Å². The van der Waals surface area contributed by atoms with Crippen molar-refractivity contribution in [2.24, 2.45) is 0 Å². The largest absolute Gasteiger partial charge is 0.497 e. The number of alkyl carbamates (subject to hydrolysis) is 1. The third-order valence-electron chi connectivity index (χ3n) is 12.5. The van der Waals surface area contributed by atoms with Gasteiger partial charge in [0.2, 0.25) is 25.9 Å². The van der Waals surface area contributed by atoms with Crippen LogP contribution in [0.5, 0.6) is 17.2 Å². The summed E-state index contributed by atoms with van der Waals surface area (Å²) >= 11 is 0. The van der Waals surface area contributed by atoms with Gasteiger partial charge in [0.1, 0.15) is 44.1 Å². The van der Waals surface area contributed by atoms with Crippen LogP contribution >= 0.6 is 0 Å². The Hall–Kier alpha value is -7.60. The number of imidazole rings is 1. The van der Waals surface area contributed by atoms with Crippen LogP contribution in [-0.4, -0.2) is 126 Å². The minimum Gasteiger partial charge on any atom is -0.497 e. The number of aromatic nitrogens is 6. The molecule has 3 heterocycles. The van der Waals surface area contributed by atoms with Crippen LogP contribution in [0.15, 0.2) is 113 Å². The van der Waals surface area contributed by atoms with E-state index >= 15 is 16.8 Å². The normalized spacial score (nSPS) is 14.6. The van der Waals surface area contributed by atoms with Crippen molar-refractivity contribution in [3.8, 4) is 39.8 Å². The fourth-order valence-electron chi connectivity index (χ4n) is 8.89. The van der Waals surface area contributed by atoms with Gasteiger partial charge < -0.3 is 38.9 Å². The van der Waals surface area contributed by atoms with E-state index in [1.54, 1.807) is 128 Å². The van der Waals surface area contributed by atoms with Crippen LogP contribution in [0.3, 0.4) is 0 Å². The lowest BCUT2D eigenvalue weighted by Gasteiger charge is -2.27. The van der Waals surface area contributed by atoms with Crippen molar-refractivity contribution in [1.82, 2.24) is 49.4 Å². The Bertz CT molecular complexity index is 3430. The summed E-state index contributed by atoms with van der Waals surface area (Å²) in [7, 11) is -5.23. The molecule has 7 aromatic rings. The lowest BCUT2D eigenvalue weighted by atomic mass is 9.98. The van der Waals surface area contributed by atoms with E-state index in [2.05, 4.69) is 25.3 Å². The van der Waals surface area contributed by atoms with Crippen molar-refractivity contribution >= 4 is 43.3 Å². The van der Waals surface area contributed by atoms with E-state index in [4.69, 9.17) is 33.8 Å². The van der Waals surface area contributed by atoms with Gasteiger partial charge in [0.25, 0.3) is 0 Å². The summed E-state index contributed by atoms with van der Waals surface area (Å²) in [6, 6.07) is 27.8. The predicted octanol–water partition coefficient (Wildman–Crippen LogP) is 8.09. The molecule has 0 unspecified atom stereocenters. The number of sulfonamides is 2. The highest BCUT2D eigenvalue weighted by Crippen LogP contribution is 2.43. The third-order valence-corrected chi connectivity index (χ3v) is 16.1. The smallest absolute Gasteiger partial charge is 0.410 e. The van der Waals surface area contributed by atoms with Gasteiger partial charge in [-0.2, -0.15) is 9.10 Å². The van der Waals surface area contributed by atoms with E-state index in [0.717, 1.165) is 5.56 Å². The van der Waals surface area contributed by atoms with Crippen LogP contribution < -0.4 is 24.2 Å². The molecule has 0 radical (unpaired) electrons. The monoisotopic (exact) mass is 1110 g/mol. The Kier molecular flexibility index (Phi) is 16.8. The number of para-hydroxylation sites is 1. The van der Waals surface area contributed by atoms with Crippen LogP contribution in [0.4, 0.5) is 9.59 Å². The molecule has 2 aromatic heterocycles. The first-order valence-corrected chi connectivity index (χ1v) is 28.2. The van der Waals surface area contributed by atoms with Gasteiger partial charge >= 0.3 is 12.2 Å². The van der Waals surface area contributed by atoms with Gasteiger partial charge in [-0.1, -0.05) is 54.6 Å². The van der Waals surface area contributed by atoms with E-state index in [1.807, 2.05) is 19.1 Å². The van der Waals surface area contributed by atoms with Crippen LogP contribution in [0.1, 0.15) is 77.4 Å². The molecule has 5 aromatic carbocycles. The van der Waals surface area contributed by atoms with Crippen molar-refractivity contribution in [1.29, 1.82) is 0 Å². The quantitative estimate of drug-likeness (QED) is 0.0692. The number of tetrazole rings is 1. The molecule has 23 heteroatoms. The number of aromatic amines is 1. The Morgan fingerprint density at radius 1 is 0.756 bits per heavy atom. The van der Waals surface area contributed by atoms with E-state index in [0.29, 0.717) is 50.8 Å². The second-order valence-electron chi connectivity index (χ2n) is 20.9. The average Bonchev–Trinajstić information content (AvgIpc) is 4.26. The first-order chi connectivity index (χ1) is 36.9. The molecule has 414 valence electrons. The van der Waals surface area contributed by atoms with Gasteiger partial charge in [-0.05, 0) is 131 Å². The number of likely N-dealkylation sites (tertiary alicyclic amines) is 1. The SMILES string of the molecule is COc1ccc(CN(Cc2ccc(OC)cc2)S(=O)(=O)c2c(S(=O)(=O)N[C@@H]3CCN(C(=O)OC(C)(C)C)C3)ccc(-c3cccc4[nH]c(C[C@H](C)NC(=O)OC(C)(C)C)nc34)c2-c2nnn(Cc3ccc(OC)cc3)n2)cc1. The molecule has 2 atom stereocenters. The maximum Gasteiger partial charge on any atom is 0.410 e. The Morgan fingerprint density at radius 2 is 1.33 bits per heavy atom. The maximum atomic E-state index is 16.4. The Labute approximate surface area is 454 Å². The molecule has 78 heavy (non-hydrogen) atoms. The second kappa shape index (κ2) is 23.2. The van der Waals surface area contributed by atoms with Crippen LogP contribution in [0.2, 0.25) is 0 Å². The van der Waals surface area contributed by atoms with Crippen LogP contribution in [0, 0.1) is 0 Å². The average molecular weight is 1110 g/mol. The van der Waals surface area contributed by atoms with Crippen molar-refractivity contribution in [3.05, 3.63) is 126 Å².